The summed E-state index contributed by atoms with van der Waals surface area (Å²) in [6, 6.07) is 6.78. The van der Waals surface area contributed by atoms with Crippen LogP contribution in [0.25, 0.3) is 10.2 Å². The van der Waals surface area contributed by atoms with Crippen molar-refractivity contribution in [1.82, 2.24) is 9.88 Å². The Hall–Kier alpha value is -1.33. The number of hydrogen-bond acceptors (Lipinski definition) is 5. The summed E-state index contributed by atoms with van der Waals surface area (Å²) in [6.07, 6.45) is 0. The summed E-state index contributed by atoms with van der Waals surface area (Å²) in [5, 5.41) is 0.720. The van der Waals surface area contributed by atoms with Crippen LogP contribution in [-0.4, -0.2) is 35.1 Å². The molecular formula is C15H23N3OS. The standard InChI is InChI=1S/C15H23N3OS/c1-10(2)18(11(3)4)7-8-19-15-17-13-6-5-12(16)9-14(13)20-15/h5-6,9-11H,7-8,16H2,1-4H3. The third-order valence-corrected chi connectivity index (χ3v) is 4.23. The molecule has 0 saturated carbocycles. The molecule has 0 saturated heterocycles. The number of nitrogens with two attached hydrogens (primary N) is 1. The zero-order valence-electron chi connectivity index (χ0n) is 12.6. The molecule has 0 bridgehead atoms. The first-order chi connectivity index (χ1) is 9.47. The van der Waals surface area contributed by atoms with Gasteiger partial charge in [-0.3, -0.25) is 4.90 Å². The average Bonchev–Trinajstić information content (AvgIpc) is 2.75. The molecule has 1 heterocycles. The topological polar surface area (TPSA) is 51.4 Å². The summed E-state index contributed by atoms with van der Waals surface area (Å²) in [7, 11) is 0. The number of thiazole rings is 1. The van der Waals surface area contributed by atoms with Crippen LogP contribution in [0.1, 0.15) is 27.7 Å². The number of fused-ring (bicyclic) bond motifs is 1. The van der Waals surface area contributed by atoms with Crippen molar-refractivity contribution in [2.45, 2.75) is 39.8 Å². The lowest BCUT2D eigenvalue weighted by atomic mass is 10.2. The Morgan fingerprint density at radius 1 is 1.25 bits per heavy atom. The maximum atomic E-state index is 5.79. The number of nitrogen functional groups attached to an aromatic ring is 1. The van der Waals surface area contributed by atoms with Crippen molar-refractivity contribution in [3.8, 4) is 5.19 Å². The largest absolute Gasteiger partial charge is 0.469 e. The van der Waals surface area contributed by atoms with Crippen LogP contribution in [0.15, 0.2) is 18.2 Å². The van der Waals surface area contributed by atoms with Crippen LogP contribution in [0.4, 0.5) is 5.69 Å². The molecule has 2 N–H and O–H groups in total. The fraction of sp³-hybridized carbons (Fsp3) is 0.533. The van der Waals surface area contributed by atoms with Crippen LogP contribution < -0.4 is 10.5 Å². The number of rotatable bonds is 6. The second-order valence-electron chi connectivity index (χ2n) is 5.48. The van der Waals surface area contributed by atoms with Crippen LogP contribution in [-0.2, 0) is 0 Å². The zero-order chi connectivity index (χ0) is 14.7. The van der Waals surface area contributed by atoms with Crippen LogP contribution >= 0.6 is 11.3 Å². The molecule has 1 aromatic carbocycles. The quantitative estimate of drug-likeness (QED) is 0.830. The van der Waals surface area contributed by atoms with E-state index < -0.39 is 0 Å². The molecule has 0 spiro atoms. The van der Waals surface area contributed by atoms with Crippen LogP contribution in [0, 0.1) is 0 Å². The molecule has 0 atom stereocenters. The van der Waals surface area contributed by atoms with Gasteiger partial charge in [0.05, 0.1) is 10.2 Å². The first-order valence-corrected chi connectivity index (χ1v) is 7.83. The van der Waals surface area contributed by atoms with Crippen molar-refractivity contribution >= 4 is 27.2 Å². The molecule has 0 unspecified atom stereocenters. The Morgan fingerprint density at radius 3 is 2.60 bits per heavy atom. The van der Waals surface area contributed by atoms with Crippen molar-refractivity contribution < 1.29 is 4.74 Å². The zero-order valence-corrected chi connectivity index (χ0v) is 13.4. The molecule has 0 fully saturated rings. The Labute approximate surface area is 124 Å². The van der Waals surface area contributed by atoms with Crippen molar-refractivity contribution in [3.63, 3.8) is 0 Å². The number of benzene rings is 1. The Morgan fingerprint density at radius 2 is 1.95 bits per heavy atom. The third-order valence-electron chi connectivity index (χ3n) is 3.29. The van der Waals surface area contributed by atoms with Crippen LogP contribution in [0.5, 0.6) is 5.19 Å². The minimum absolute atomic E-state index is 0.522. The molecule has 0 amide bonds. The van der Waals surface area contributed by atoms with Crippen molar-refractivity contribution in [2.75, 3.05) is 18.9 Å². The second kappa shape index (κ2) is 6.41. The molecular weight excluding hydrogens is 270 g/mol. The van der Waals surface area contributed by atoms with Crippen LogP contribution in [0.2, 0.25) is 0 Å². The molecule has 0 aliphatic heterocycles. The molecule has 0 aliphatic carbocycles. The maximum Gasteiger partial charge on any atom is 0.274 e. The predicted molar refractivity (Wildman–Crippen MR) is 86.5 cm³/mol. The Balaban J connectivity index is 1.95. The lowest BCUT2D eigenvalue weighted by Gasteiger charge is -2.30. The van der Waals surface area contributed by atoms with Gasteiger partial charge in [-0.15, -0.1) is 0 Å². The van der Waals surface area contributed by atoms with Gasteiger partial charge in [0.2, 0.25) is 0 Å². The van der Waals surface area contributed by atoms with Gasteiger partial charge in [0.25, 0.3) is 5.19 Å². The fourth-order valence-electron chi connectivity index (χ4n) is 2.33. The lowest BCUT2D eigenvalue weighted by Crippen LogP contribution is -2.39. The molecule has 0 aliphatic rings. The van der Waals surface area contributed by atoms with Gasteiger partial charge < -0.3 is 10.5 Å². The summed E-state index contributed by atoms with van der Waals surface area (Å²) in [6.45, 7) is 10.4. The normalized spacial score (nSPS) is 11.9. The van der Waals surface area contributed by atoms with Gasteiger partial charge in [0, 0.05) is 24.3 Å². The van der Waals surface area contributed by atoms with E-state index in [0.717, 1.165) is 27.6 Å². The molecule has 2 aromatic rings. The van der Waals surface area contributed by atoms with Gasteiger partial charge in [0.1, 0.15) is 6.61 Å². The van der Waals surface area contributed by atoms with Gasteiger partial charge in [0.15, 0.2) is 0 Å². The predicted octanol–water partition coefficient (Wildman–Crippen LogP) is 3.38. The average molecular weight is 293 g/mol. The minimum Gasteiger partial charge on any atom is -0.469 e. The molecule has 20 heavy (non-hydrogen) atoms. The van der Waals surface area contributed by atoms with E-state index in [2.05, 4.69) is 37.6 Å². The lowest BCUT2D eigenvalue weighted by molar-refractivity contribution is 0.142. The van der Waals surface area contributed by atoms with E-state index in [1.165, 1.54) is 0 Å². The molecule has 5 heteroatoms. The second-order valence-corrected chi connectivity index (χ2v) is 6.47. The summed E-state index contributed by atoms with van der Waals surface area (Å²) in [4.78, 5) is 6.87. The smallest absolute Gasteiger partial charge is 0.274 e. The Bertz CT molecular complexity index is 557. The van der Waals surface area contributed by atoms with E-state index in [9.17, 15) is 0 Å². The highest BCUT2D eigenvalue weighted by molar-refractivity contribution is 7.20. The Kier molecular flexibility index (Phi) is 4.83. The molecule has 110 valence electrons. The monoisotopic (exact) mass is 293 g/mol. The minimum atomic E-state index is 0.522. The van der Waals surface area contributed by atoms with Crippen LogP contribution in [0.3, 0.4) is 0 Å². The number of hydrogen-bond donors (Lipinski definition) is 1. The van der Waals surface area contributed by atoms with Crippen molar-refractivity contribution in [3.05, 3.63) is 18.2 Å². The van der Waals surface area contributed by atoms with Gasteiger partial charge in [-0.25, -0.2) is 4.98 Å². The van der Waals surface area contributed by atoms with Crippen molar-refractivity contribution in [1.29, 1.82) is 0 Å². The van der Waals surface area contributed by atoms with Crippen molar-refractivity contribution in [2.24, 2.45) is 0 Å². The van der Waals surface area contributed by atoms with Gasteiger partial charge in [-0.05, 0) is 45.9 Å². The summed E-state index contributed by atoms with van der Waals surface area (Å²) in [5.74, 6) is 0. The van der Waals surface area contributed by atoms with E-state index in [-0.39, 0.29) is 0 Å². The molecule has 2 rings (SSSR count). The summed E-state index contributed by atoms with van der Waals surface area (Å²) in [5.41, 5.74) is 7.48. The number of nitrogens with zero attached hydrogens (tertiary/aromatic N) is 2. The summed E-state index contributed by atoms with van der Waals surface area (Å²) < 4.78 is 6.86. The first kappa shape index (κ1) is 15.1. The number of aromatic nitrogens is 1. The van der Waals surface area contributed by atoms with Gasteiger partial charge >= 0.3 is 0 Å². The first-order valence-electron chi connectivity index (χ1n) is 7.02. The highest BCUT2D eigenvalue weighted by Crippen LogP contribution is 2.29. The van der Waals surface area contributed by atoms with Gasteiger partial charge in [-0.2, -0.15) is 0 Å². The molecule has 4 nitrogen and oxygen atoms in total. The SMILES string of the molecule is CC(C)N(CCOc1nc2ccc(N)cc2s1)C(C)C. The number of anilines is 1. The van der Waals surface area contributed by atoms with E-state index in [4.69, 9.17) is 10.5 Å². The van der Waals surface area contributed by atoms with E-state index >= 15 is 0 Å². The van der Waals surface area contributed by atoms with Gasteiger partial charge in [-0.1, -0.05) is 11.3 Å². The van der Waals surface area contributed by atoms with E-state index in [1.807, 2.05) is 18.2 Å². The van der Waals surface area contributed by atoms with E-state index in [1.54, 1.807) is 11.3 Å². The maximum absolute atomic E-state index is 5.79. The molecule has 1 aromatic heterocycles. The van der Waals surface area contributed by atoms with E-state index in [0.29, 0.717) is 18.7 Å². The molecule has 0 radical (unpaired) electrons. The third kappa shape index (κ3) is 3.61. The fourth-order valence-corrected chi connectivity index (χ4v) is 3.22. The highest BCUT2D eigenvalue weighted by Gasteiger charge is 2.13. The highest BCUT2D eigenvalue weighted by atomic mass is 32.1. The number of ether oxygens (including phenoxy) is 1. The summed E-state index contributed by atoms with van der Waals surface area (Å²) >= 11 is 1.55.